The normalized spacial score (nSPS) is 14.6. The van der Waals surface area contributed by atoms with Crippen LogP contribution in [-0.2, 0) is 4.74 Å². The highest BCUT2D eigenvalue weighted by molar-refractivity contribution is 5.94. The number of nitrogens with one attached hydrogen (secondary N) is 1. The molecular weight excluding hydrogens is 356 g/mol. The van der Waals surface area contributed by atoms with Crippen molar-refractivity contribution in [1.82, 2.24) is 20.1 Å². The molecule has 0 radical (unpaired) electrons. The number of pyridine rings is 1. The van der Waals surface area contributed by atoms with Gasteiger partial charge in [-0.3, -0.25) is 4.79 Å². The molecule has 1 aliphatic carbocycles. The van der Waals surface area contributed by atoms with Crippen molar-refractivity contribution >= 4 is 5.91 Å². The molecule has 1 saturated carbocycles. The van der Waals surface area contributed by atoms with Gasteiger partial charge in [0.2, 0.25) is 5.88 Å². The molecule has 2 N–H and O–H groups in total. The Balaban J connectivity index is 1.55. The summed E-state index contributed by atoms with van der Waals surface area (Å²) in [5, 5.41) is 17.9. The lowest BCUT2D eigenvalue weighted by molar-refractivity contribution is 0.0881. The van der Waals surface area contributed by atoms with Crippen LogP contribution in [0.3, 0.4) is 0 Å². The molecule has 0 unspecified atom stereocenters. The summed E-state index contributed by atoms with van der Waals surface area (Å²) in [4.78, 5) is 16.7. The molecule has 2 aromatic heterocycles. The number of aryl methyl sites for hydroxylation is 1. The van der Waals surface area contributed by atoms with Crippen LogP contribution in [0.25, 0.3) is 16.9 Å². The van der Waals surface area contributed by atoms with Crippen LogP contribution in [0.4, 0.5) is 0 Å². The molecule has 0 aliphatic heterocycles. The van der Waals surface area contributed by atoms with Gasteiger partial charge in [0.05, 0.1) is 29.5 Å². The number of hydrogen-bond donors (Lipinski definition) is 2. The molecule has 0 atom stereocenters. The van der Waals surface area contributed by atoms with E-state index < -0.39 is 0 Å². The third-order valence-electron chi connectivity index (χ3n) is 5.06. The van der Waals surface area contributed by atoms with E-state index in [4.69, 9.17) is 4.74 Å². The number of aromatic nitrogens is 3. The summed E-state index contributed by atoms with van der Waals surface area (Å²) in [5.74, 6) is 0.266. The van der Waals surface area contributed by atoms with Gasteiger partial charge < -0.3 is 15.2 Å². The van der Waals surface area contributed by atoms with Gasteiger partial charge in [0, 0.05) is 13.3 Å². The van der Waals surface area contributed by atoms with Crippen molar-refractivity contribution in [2.45, 2.75) is 25.3 Å². The Hall–Kier alpha value is -3.19. The summed E-state index contributed by atoms with van der Waals surface area (Å²) >= 11 is 0. The van der Waals surface area contributed by atoms with Crippen molar-refractivity contribution in [1.29, 1.82) is 0 Å². The minimum atomic E-state index is -0.243. The quantitative estimate of drug-likeness (QED) is 0.688. The Morgan fingerprint density at radius 3 is 2.64 bits per heavy atom. The summed E-state index contributed by atoms with van der Waals surface area (Å²) in [7, 11) is 1.63. The molecule has 7 nitrogen and oxygen atoms in total. The molecule has 144 valence electrons. The monoisotopic (exact) mass is 378 g/mol. The second-order valence-electron chi connectivity index (χ2n) is 7.18. The fourth-order valence-corrected chi connectivity index (χ4v) is 3.27. The fourth-order valence-electron chi connectivity index (χ4n) is 3.27. The number of benzene rings is 1. The van der Waals surface area contributed by atoms with Crippen LogP contribution in [0.2, 0.25) is 0 Å². The van der Waals surface area contributed by atoms with E-state index in [1.807, 2.05) is 31.2 Å². The number of nitrogens with zero attached hydrogens (tertiary/aromatic N) is 3. The molecule has 0 bridgehead atoms. The summed E-state index contributed by atoms with van der Waals surface area (Å²) in [6.45, 7) is 2.49. The van der Waals surface area contributed by atoms with E-state index in [1.165, 1.54) is 10.9 Å². The number of methoxy groups -OCH3 is 1. The SMILES string of the molecule is COCC1(NC(=O)c2ccc(-n3ncc(-c4ccccc4C)c3O)nc2)CC1. The smallest absolute Gasteiger partial charge is 0.253 e. The van der Waals surface area contributed by atoms with E-state index in [2.05, 4.69) is 15.4 Å². The molecule has 4 rings (SSSR count). The number of ether oxygens (including phenoxy) is 1. The summed E-state index contributed by atoms with van der Waals surface area (Å²) in [5.41, 5.74) is 2.80. The van der Waals surface area contributed by atoms with Crippen molar-refractivity contribution in [3.8, 4) is 22.8 Å². The number of aromatic hydroxyl groups is 1. The van der Waals surface area contributed by atoms with Crippen LogP contribution in [0.1, 0.15) is 28.8 Å². The second kappa shape index (κ2) is 7.09. The first kappa shape index (κ1) is 18.2. The van der Waals surface area contributed by atoms with Gasteiger partial charge in [-0.15, -0.1) is 0 Å². The number of carbonyl (C=O) groups is 1. The highest BCUT2D eigenvalue weighted by Crippen LogP contribution is 2.36. The van der Waals surface area contributed by atoms with Crippen molar-refractivity contribution in [3.05, 3.63) is 59.9 Å². The van der Waals surface area contributed by atoms with Crippen LogP contribution in [0.5, 0.6) is 5.88 Å². The molecule has 0 saturated heterocycles. The highest BCUT2D eigenvalue weighted by Gasteiger charge is 2.44. The maximum Gasteiger partial charge on any atom is 0.253 e. The van der Waals surface area contributed by atoms with Crippen LogP contribution in [0.15, 0.2) is 48.8 Å². The maximum absolute atomic E-state index is 12.4. The molecule has 1 amide bonds. The molecule has 2 heterocycles. The molecule has 7 heteroatoms. The maximum atomic E-state index is 12.4. The van der Waals surface area contributed by atoms with E-state index in [0.29, 0.717) is 23.6 Å². The molecule has 1 fully saturated rings. The molecule has 1 aliphatic rings. The average molecular weight is 378 g/mol. The minimum Gasteiger partial charge on any atom is -0.493 e. The van der Waals surface area contributed by atoms with Gasteiger partial charge in [-0.25, -0.2) is 4.98 Å². The van der Waals surface area contributed by atoms with Gasteiger partial charge in [-0.2, -0.15) is 9.78 Å². The van der Waals surface area contributed by atoms with Crippen LogP contribution in [-0.4, -0.2) is 45.0 Å². The predicted molar refractivity (Wildman–Crippen MR) is 105 cm³/mol. The Labute approximate surface area is 163 Å². The average Bonchev–Trinajstić information content (AvgIpc) is 3.34. The molecule has 28 heavy (non-hydrogen) atoms. The zero-order valence-electron chi connectivity index (χ0n) is 15.8. The number of rotatable bonds is 6. The zero-order valence-corrected chi connectivity index (χ0v) is 15.8. The van der Waals surface area contributed by atoms with E-state index in [0.717, 1.165) is 24.0 Å². The van der Waals surface area contributed by atoms with Crippen molar-refractivity contribution in [2.24, 2.45) is 0 Å². The summed E-state index contributed by atoms with van der Waals surface area (Å²) in [6, 6.07) is 11.1. The number of hydrogen-bond acceptors (Lipinski definition) is 5. The first-order valence-electron chi connectivity index (χ1n) is 9.14. The Morgan fingerprint density at radius 1 is 1.21 bits per heavy atom. The van der Waals surface area contributed by atoms with E-state index in [9.17, 15) is 9.90 Å². The lowest BCUT2D eigenvalue weighted by atomic mass is 10.0. The van der Waals surface area contributed by atoms with Crippen molar-refractivity contribution < 1.29 is 14.6 Å². The van der Waals surface area contributed by atoms with Gasteiger partial charge in [-0.1, -0.05) is 24.3 Å². The minimum absolute atomic E-state index is 0.0102. The largest absolute Gasteiger partial charge is 0.493 e. The molecular formula is C21H22N4O3. The van der Waals surface area contributed by atoms with Gasteiger partial charge in [0.1, 0.15) is 0 Å². The lowest BCUT2D eigenvalue weighted by Crippen LogP contribution is -2.40. The Morgan fingerprint density at radius 2 is 2.00 bits per heavy atom. The van der Waals surface area contributed by atoms with Gasteiger partial charge in [0.15, 0.2) is 5.82 Å². The second-order valence-corrected chi connectivity index (χ2v) is 7.18. The van der Waals surface area contributed by atoms with Crippen LogP contribution in [0, 0.1) is 6.92 Å². The van der Waals surface area contributed by atoms with E-state index >= 15 is 0 Å². The van der Waals surface area contributed by atoms with E-state index in [-0.39, 0.29) is 17.3 Å². The van der Waals surface area contributed by atoms with Gasteiger partial charge in [-0.05, 0) is 43.0 Å². The Bertz CT molecular complexity index is 1010. The number of amides is 1. The topological polar surface area (TPSA) is 89.3 Å². The van der Waals surface area contributed by atoms with Crippen LogP contribution < -0.4 is 5.32 Å². The van der Waals surface area contributed by atoms with Gasteiger partial charge in [0.25, 0.3) is 5.91 Å². The van der Waals surface area contributed by atoms with Crippen molar-refractivity contribution in [3.63, 3.8) is 0 Å². The van der Waals surface area contributed by atoms with Gasteiger partial charge >= 0.3 is 0 Å². The summed E-state index contributed by atoms with van der Waals surface area (Å²) in [6.07, 6.45) is 4.94. The first-order chi connectivity index (χ1) is 13.5. The fraction of sp³-hybridized carbons (Fsp3) is 0.286. The zero-order chi connectivity index (χ0) is 19.7. The molecule has 3 aromatic rings. The molecule has 0 spiro atoms. The third-order valence-corrected chi connectivity index (χ3v) is 5.06. The third kappa shape index (κ3) is 3.36. The summed E-state index contributed by atoms with van der Waals surface area (Å²) < 4.78 is 6.53. The van der Waals surface area contributed by atoms with Crippen LogP contribution >= 0.6 is 0 Å². The predicted octanol–water partition coefficient (Wildman–Crippen LogP) is 2.86. The van der Waals surface area contributed by atoms with Crippen molar-refractivity contribution in [2.75, 3.05) is 13.7 Å². The Kier molecular flexibility index (Phi) is 4.60. The number of carbonyl (C=O) groups excluding carboxylic acids is 1. The lowest BCUT2D eigenvalue weighted by Gasteiger charge is -2.16. The first-order valence-corrected chi connectivity index (χ1v) is 9.14. The van der Waals surface area contributed by atoms with E-state index in [1.54, 1.807) is 25.4 Å². The highest BCUT2D eigenvalue weighted by atomic mass is 16.5. The standard InChI is InChI=1S/C21H22N4O3/c1-14-5-3-4-6-16(14)17-12-23-25(20(17)27)18-8-7-15(11-22-18)19(26)24-21(9-10-21)13-28-2/h3-8,11-12,27H,9-10,13H2,1-2H3,(H,24,26). The molecule has 1 aromatic carbocycles.